The van der Waals surface area contributed by atoms with Crippen LogP contribution in [0.2, 0.25) is 0 Å². The number of hydrogen-bond acceptors (Lipinski definition) is 6. The fraction of sp³-hybridized carbons (Fsp3) is 0.211. The first-order chi connectivity index (χ1) is 13.8. The molecule has 10 heteroatoms. The minimum absolute atomic E-state index is 0.00996. The van der Waals surface area contributed by atoms with Gasteiger partial charge in [-0.3, -0.25) is 4.79 Å². The standard InChI is InChI=1S/C19H14F4N2O4/c20-7-8-28-16-6-5-13(9-14(16)19(21,22)23)18-24-17(25-29-18)12-3-1-11(2-4-12)15(27)10-26/h1-6,9,26H,7-8,10H2. The monoisotopic (exact) mass is 410 g/mol. The molecule has 3 rings (SSSR count). The van der Waals surface area contributed by atoms with Gasteiger partial charge in [0.25, 0.3) is 5.89 Å². The quantitative estimate of drug-likeness (QED) is 0.469. The van der Waals surface area contributed by atoms with Gasteiger partial charge >= 0.3 is 6.18 Å². The van der Waals surface area contributed by atoms with Crippen molar-refractivity contribution in [1.82, 2.24) is 10.1 Å². The molecule has 0 amide bonds. The summed E-state index contributed by atoms with van der Waals surface area (Å²) in [6.07, 6.45) is -4.72. The molecule has 0 saturated carbocycles. The number of nitrogens with zero attached hydrogens (tertiary/aromatic N) is 2. The number of ketones is 1. The summed E-state index contributed by atoms with van der Waals surface area (Å²) in [4.78, 5) is 15.5. The van der Waals surface area contributed by atoms with Crippen LogP contribution in [0.1, 0.15) is 15.9 Å². The first-order valence-corrected chi connectivity index (χ1v) is 8.32. The van der Waals surface area contributed by atoms with E-state index in [4.69, 9.17) is 14.4 Å². The first kappa shape index (κ1) is 20.5. The SMILES string of the molecule is O=C(CO)c1ccc(-c2noc(-c3ccc(OCCF)c(C(F)(F)F)c3)n2)cc1. The predicted octanol–water partition coefficient (Wildman–Crippen LogP) is 3.95. The van der Waals surface area contributed by atoms with Crippen LogP contribution in [0.3, 0.4) is 0 Å². The van der Waals surface area contributed by atoms with E-state index in [9.17, 15) is 22.4 Å². The van der Waals surface area contributed by atoms with Crippen LogP contribution in [0.4, 0.5) is 17.6 Å². The molecule has 0 bridgehead atoms. The highest BCUT2D eigenvalue weighted by Crippen LogP contribution is 2.38. The molecule has 0 radical (unpaired) electrons. The number of carbonyl (C=O) groups excluding carboxylic acids is 1. The van der Waals surface area contributed by atoms with Gasteiger partial charge in [-0.15, -0.1) is 0 Å². The highest BCUT2D eigenvalue weighted by atomic mass is 19.4. The largest absolute Gasteiger partial charge is 0.490 e. The molecule has 1 aromatic heterocycles. The third kappa shape index (κ3) is 4.60. The number of halogens is 4. The van der Waals surface area contributed by atoms with E-state index in [0.29, 0.717) is 11.1 Å². The average Bonchev–Trinajstić information content (AvgIpc) is 3.21. The fourth-order valence-corrected chi connectivity index (χ4v) is 2.51. The highest BCUT2D eigenvalue weighted by molar-refractivity contribution is 5.97. The van der Waals surface area contributed by atoms with Crippen LogP contribution in [0.5, 0.6) is 5.75 Å². The van der Waals surface area contributed by atoms with Crippen molar-refractivity contribution < 1.29 is 36.7 Å². The van der Waals surface area contributed by atoms with Crippen molar-refractivity contribution in [2.45, 2.75) is 6.18 Å². The Labute approximate surface area is 161 Å². The molecular formula is C19H14F4N2O4. The second-order valence-electron chi connectivity index (χ2n) is 5.83. The van der Waals surface area contributed by atoms with Crippen molar-refractivity contribution in [1.29, 1.82) is 0 Å². The van der Waals surface area contributed by atoms with E-state index in [-0.39, 0.29) is 17.3 Å². The van der Waals surface area contributed by atoms with E-state index < -0.39 is 43.2 Å². The summed E-state index contributed by atoms with van der Waals surface area (Å²) in [6, 6.07) is 9.11. The second kappa shape index (κ2) is 8.39. The molecule has 0 fully saturated rings. The van der Waals surface area contributed by atoms with Gasteiger partial charge in [0.2, 0.25) is 5.82 Å². The summed E-state index contributed by atoms with van der Waals surface area (Å²) in [5.41, 5.74) is -0.321. The van der Waals surface area contributed by atoms with Gasteiger partial charge < -0.3 is 14.4 Å². The van der Waals surface area contributed by atoms with Gasteiger partial charge in [-0.1, -0.05) is 29.4 Å². The number of aliphatic hydroxyl groups is 1. The maximum atomic E-state index is 13.3. The molecule has 1 heterocycles. The topological polar surface area (TPSA) is 85.5 Å². The van der Waals surface area contributed by atoms with Gasteiger partial charge in [-0.2, -0.15) is 18.2 Å². The van der Waals surface area contributed by atoms with Gasteiger partial charge in [-0.05, 0) is 18.2 Å². The number of aromatic nitrogens is 2. The van der Waals surface area contributed by atoms with E-state index in [2.05, 4.69) is 10.1 Å². The predicted molar refractivity (Wildman–Crippen MR) is 93.1 cm³/mol. The van der Waals surface area contributed by atoms with Crippen LogP contribution in [-0.2, 0) is 6.18 Å². The molecule has 29 heavy (non-hydrogen) atoms. The lowest BCUT2D eigenvalue weighted by Crippen LogP contribution is -2.10. The minimum atomic E-state index is -4.72. The van der Waals surface area contributed by atoms with Crippen molar-refractivity contribution >= 4 is 5.78 Å². The molecule has 152 valence electrons. The molecule has 0 aliphatic heterocycles. The van der Waals surface area contributed by atoms with Crippen LogP contribution in [0, 0.1) is 0 Å². The van der Waals surface area contributed by atoms with Crippen LogP contribution >= 0.6 is 0 Å². The summed E-state index contributed by atoms with van der Waals surface area (Å²) >= 11 is 0. The van der Waals surface area contributed by atoms with Crippen molar-refractivity contribution in [3.05, 3.63) is 53.6 Å². The minimum Gasteiger partial charge on any atom is -0.490 e. The molecule has 3 aromatic rings. The normalized spacial score (nSPS) is 11.5. The Hall–Kier alpha value is -3.27. The number of ether oxygens (including phenoxy) is 1. The summed E-state index contributed by atoms with van der Waals surface area (Å²) in [7, 11) is 0. The van der Waals surface area contributed by atoms with Crippen LogP contribution in [0.15, 0.2) is 47.0 Å². The van der Waals surface area contributed by atoms with Crippen molar-refractivity contribution in [2.75, 3.05) is 19.9 Å². The lowest BCUT2D eigenvalue weighted by atomic mass is 10.1. The molecule has 0 unspecified atom stereocenters. The van der Waals surface area contributed by atoms with Crippen LogP contribution in [-0.4, -0.2) is 40.9 Å². The van der Waals surface area contributed by atoms with Crippen molar-refractivity contribution in [3.8, 4) is 28.6 Å². The third-order valence-corrected chi connectivity index (χ3v) is 3.90. The van der Waals surface area contributed by atoms with Gasteiger partial charge in [0.1, 0.15) is 25.6 Å². The third-order valence-electron chi connectivity index (χ3n) is 3.90. The molecule has 0 aliphatic carbocycles. The Kier molecular flexibility index (Phi) is 5.92. The number of aliphatic hydroxyl groups excluding tert-OH is 1. The molecule has 6 nitrogen and oxygen atoms in total. The number of carbonyl (C=O) groups is 1. The maximum absolute atomic E-state index is 13.3. The molecule has 0 aliphatic rings. The lowest BCUT2D eigenvalue weighted by Gasteiger charge is -2.13. The van der Waals surface area contributed by atoms with Gasteiger partial charge in [0.15, 0.2) is 5.78 Å². The van der Waals surface area contributed by atoms with E-state index >= 15 is 0 Å². The Morgan fingerprint density at radius 3 is 2.41 bits per heavy atom. The zero-order valence-electron chi connectivity index (χ0n) is 14.7. The highest BCUT2D eigenvalue weighted by Gasteiger charge is 2.35. The fourth-order valence-electron chi connectivity index (χ4n) is 2.51. The first-order valence-electron chi connectivity index (χ1n) is 8.32. The van der Waals surface area contributed by atoms with E-state index in [0.717, 1.165) is 12.1 Å². The molecule has 0 saturated heterocycles. The maximum Gasteiger partial charge on any atom is 0.419 e. The van der Waals surface area contributed by atoms with E-state index in [1.54, 1.807) is 0 Å². The summed E-state index contributed by atoms with van der Waals surface area (Å²) in [5, 5.41) is 12.6. The number of Topliss-reactive ketones (excluding diaryl/α,β-unsaturated/α-hetero) is 1. The Morgan fingerprint density at radius 1 is 1.10 bits per heavy atom. The van der Waals surface area contributed by atoms with E-state index in [1.807, 2.05) is 0 Å². The second-order valence-corrected chi connectivity index (χ2v) is 5.83. The van der Waals surface area contributed by atoms with Gasteiger partial charge in [-0.25, -0.2) is 4.39 Å². The van der Waals surface area contributed by atoms with E-state index in [1.165, 1.54) is 30.3 Å². The molecule has 0 atom stereocenters. The summed E-state index contributed by atoms with van der Waals surface area (Å²) in [5.74, 6) is -1.00. The lowest BCUT2D eigenvalue weighted by molar-refractivity contribution is -0.138. The zero-order chi connectivity index (χ0) is 21.0. The van der Waals surface area contributed by atoms with Crippen LogP contribution in [0.25, 0.3) is 22.8 Å². The molecule has 0 spiro atoms. The molecule has 2 aromatic carbocycles. The van der Waals surface area contributed by atoms with Crippen molar-refractivity contribution in [2.24, 2.45) is 0 Å². The Bertz CT molecular complexity index is 1000. The van der Waals surface area contributed by atoms with Crippen LogP contribution < -0.4 is 4.74 Å². The smallest absolute Gasteiger partial charge is 0.419 e. The number of hydrogen-bond donors (Lipinski definition) is 1. The molecule has 1 N–H and O–H groups in total. The number of alkyl halides is 4. The average molecular weight is 410 g/mol. The molecular weight excluding hydrogens is 396 g/mol. The van der Waals surface area contributed by atoms with Crippen molar-refractivity contribution in [3.63, 3.8) is 0 Å². The number of benzene rings is 2. The zero-order valence-corrected chi connectivity index (χ0v) is 14.7. The summed E-state index contributed by atoms with van der Waals surface area (Å²) < 4.78 is 62.0. The Balaban J connectivity index is 1.90. The van der Waals surface area contributed by atoms with Gasteiger partial charge in [0.05, 0.1) is 5.56 Å². The Morgan fingerprint density at radius 2 is 1.79 bits per heavy atom. The number of rotatable bonds is 7. The van der Waals surface area contributed by atoms with Gasteiger partial charge in [0, 0.05) is 16.7 Å². The summed E-state index contributed by atoms with van der Waals surface area (Å²) in [6.45, 7) is -2.05.